The highest BCUT2D eigenvalue weighted by Gasteiger charge is 2.02. The molecule has 1 aromatic heterocycles. The molecule has 0 spiro atoms. The molecule has 1 aromatic carbocycles. The van der Waals surface area contributed by atoms with Gasteiger partial charge in [0.25, 0.3) is 0 Å². The molecule has 0 fully saturated rings. The maximum atomic E-state index is 10.6. The minimum Gasteiger partial charge on any atom is -0.478 e. The number of hydrogen-bond donors (Lipinski definition) is 1. The second-order valence-corrected chi connectivity index (χ2v) is 3.06. The molecule has 0 saturated carbocycles. The average molecular weight is 203 g/mol. The van der Waals surface area contributed by atoms with Crippen LogP contribution in [0.5, 0.6) is 0 Å². The first kappa shape index (κ1) is 9.39. The molecule has 0 radical (unpaired) electrons. The van der Waals surface area contributed by atoms with Crippen LogP contribution in [0.15, 0.2) is 36.7 Å². The zero-order valence-corrected chi connectivity index (χ0v) is 7.87. The van der Waals surface area contributed by atoms with Crippen molar-refractivity contribution in [1.82, 2.24) is 15.0 Å². The Labute approximate surface area is 86.0 Å². The molecule has 0 atom stereocenters. The third kappa shape index (κ3) is 2.19. The van der Waals surface area contributed by atoms with Gasteiger partial charge in [-0.15, -0.1) is 0 Å². The van der Waals surface area contributed by atoms with Crippen LogP contribution in [0.25, 0.3) is 0 Å². The SMILES string of the molecule is O=C(O)c1ccc(Cn2nccn2)cc1. The van der Waals surface area contributed by atoms with Crippen LogP contribution in [-0.4, -0.2) is 26.1 Å². The summed E-state index contributed by atoms with van der Waals surface area (Å²) in [6.45, 7) is 0.549. The van der Waals surface area contributed by atoms with Gasteiger partial charge in [0.05, 0.1) is 24.5 Å². The van der Waals surface area contributed by atoms with Crippen molar-refractivity contribution in [1.29, 1.82) is 0 Å². The summed E-state index contributed by atoms with van der Waals surface area (Å²) in [5, 5.41) is 16.6. The normalized spacial score (nSPS) is 10.1. The maximum absolute atomic E-state index is 10.6. The molecule has 2 aromatic rings. The topological polar surface area (TPSA) is 68.0 Å². The second kappa shape index (κ2) is 3.91. The van der Waals surface area contributed by atoms with Crippen molar-refractivity contribution in [2.45, 2.75) is 6.54 Å². The van der Waals surface area contributed by atoms with E-state index in [2.05, 4.69) is 10.2 Å². The number of nitrogens with zero attached hydrogens (tertiary/aromatic N) is 3. The molecule has 0 aliphatic rings. The predicted molar refractivity (Wildman–Crippen MR) is 52.5 cm³/mol. The predicted octanol–water partition coefficient (Wildman–Crippen LogP) is 1.02. The van der Waals surface area contributed by atoms with Crippen LogP contribution in [0.3, 0.4) is 0 Å². The van der Waals surface area contributed by atoms with Gasteiger partial charge in [0.1, 0.15) is 0 Å². The fourth-order valence-corrected chi connectivity index (χ4v) is 1.24. The highest BCUT2D eigenvalue weighted by Crippen LogP contribution is 2.05. The minimum atomic E-state index is -0.918. The van der Waals surface area contributed by atoms with Crippen LogP contribution in [0.1, 0.15) is 15.9 Å². The minimum absolute atomic E-state index is 0.284. The summed E-state index contributed by atoms with van der Waals surface area (Å²) in [6.07, 6.45) is 3.21. The standard InChI is InChI=1S/C10H9N3O2/c14-10(15)9-3-1-8(2-4-9)7-13-11-5-6-12-13/h1-6H,7H2,(H,14,15). The molecule has 0 bridgehead atoms. The van der Waals surface area contributed by atoms with Gasteiger partial charge in [0.2, 0.25) is 0 Å². The summed E-state index contributed by atoms with van der Waals surface area (Å²) in [6, 6.07) is 6.65. The first-order valence-electron chi connectivity index (χ1n) is 4.42. The number of hydrogen-bond acceptors (Lipinski definition) is 3. The summed E-state index contributed by atoms with van der Waals surface area (Å²) in [5.74, 6) is -0.918. The molecule has 15 heavy (non-hydrogen) atoms. The van der Waals surface area contributed by atoms with Crippen LogP contribution in [0.4, 0.5) is 0 Å². The second-order valence-electron chi connectivity index (χ2n) is 3.06. The van der Waals surface area contributed by atoms with Gasteiger partial charge in [-0.1, -0.05) is 12.1 Å². The third-order valence-corrected chi connectivity index (χ3v) is 1.99. The van der Waals surface area contributed by atoms with Crippen molar-refractivity contribution in [3.8, 4) is 0 Å². The van der Waals surface area contributed by atoms with E-state index in [1.807, 2.05) is 0 Å². The van der Waals surface area contributed by atoms with Crippen molar-refractivity contribution >= 4 is 5.97 Å². The van der Waals surface area contributed by atoms with Gasteiger partial charge < -0.3 is 5.11 Å². The molecule has 0 saturated heterocycles. The monoisotopic (exact) mass is 203 g/mol. The van der Waals surface area contributed by atoms with Crippen molar-refractivity contribution in [3.05, 3.63) is 47.8 Å². The zero-order chi connectivity index (χ0) is 10.7. The fraction of sp³-hybridized carbons (Fsp3) is 0.100. The van der Waals surface area contributed by atoms with Crippen molar-refractivity contribution < 1.29 is 9.90 Å². The maximum Gasteiger partial charge on any atom is 0.335 e. The van der Waals surface area contributed by atoms with E-state index in [4.69, 9.17) is 5.11 Å². The van der Waals surface area contributed by atoms with Gasteiger partial charge in [-0.3, -0.25) is 0 Å². The third-order valence-electron chi connectivity index (χ3n) is 1.99. The molecule has 1 N–H and O–H groups in total. The van der Waals surface area contributed by atoms with Crippen LogP contribution >= 0.6 is 0 Å². The van der Waals surface area contributed by atoms with E-state index in [1.165, 1.54) is 4.80 Å². The molecule has 1 heterocycles. The Bertz CT molecular complexity index is 448. The Kier molecular flexibility index (Phi) is 2.45. The molecule has 0 aliphatic heterocycles. The number of carboxylic acid groups (broad SMARTS) is 1. The van der Waals surface area contributed by atoms with E-state index in [0.717, 1.165) is 5.56 Å². The van der Waals surface area contributed by atoms with Crippen molar-refractivity contribution in [3.63, 3.8) is 0 Å². The summed E-state index contributed by atoms with van der Waals surface area (Å²) >= 11 is 0. The van der Waals surface area contributed by atoms with Crippen LogP contribution in [-0.2, 0) is 6.54 Å². The van der Waals surface area contributed by atoms with Gasteiger partial charge in [0.15, 0.2) is 0 Å². The molecule has 5 nitrogen and oxygen atoms in total. The largest absolute Gasteiger partial charge is 0.478 e. The van der Waals surface area contributed by atoms with E-state index >= 15 is 0 Å². The Morgan fingerprint density at radius 1 is 1.20 bits per heavy atom. The zero-order valence-electron chi connectivity index (χ0n) is 7.87. The van der Waals surface area contributed by atoms with E-state index in [0.29, 0.717) is 6.54 Å². The van der Waals surface area contributed by atoms with Gasteiger partial charge in [-0.25, -0.2) is 4.79 Å². The van der Waals surface area contributed by atoms with Crippen molar-refractivity contribution in [2.24, 2.45) is 0 Å². The lowest BCUT2D eigenvalue weighted by Gasteiger charge is -2.00. The van der Waals surface area contributed by atoms with Crippen LogP contribution in [0.2, 0.25) is 0 Å². The molecular formula is C10H9N3O2. The summed E-state index contributed by atoms with van der Waals surface area (Å²) in [7, 11) is 0. The van der Waals surface area contributed by atoms with Crippen LogP contribution < -0.4 is 0 Å². The smallest absolute Gasteiger partial charge is 0.335 e. The first-order valence-corrected chi connectivity index (χ1v) is 4.42. The lowest BCUT2D eigenvalue weighted by atomic mass is 10.1. The van der Waals surface area contributed by atoms with E-state index in [1.54, 1.807) is 36.7 Å². The molecular weight excluding hydrogens is 194 g/mol. The Balaban J connectivity index is 2.14. The molecule has 0 unspecified atom stereocenters. The molecule has 76 valence electrons. The van der Waals surface area contributed by atoms with Crippen molar-refractivity contribution in [2.75, 3.05) is 0 Å². The Hall–Kier alpha value is -2.17. The molecule has 2 rings (SSSR count). The Morgan fingerprint density at radius 2 is 1.80 bits per heavy atom. The molecule has 0 amide bonds. The highest BCUT2D eigenvalue weighted by atomic mass is 16.4. The number of aromatic carboxylic acids is 1. The number of carboxylic acids is 1. The molecule has 0 aliphatic carbocycles. The number of carbonyl (C=O) groups is 1. The number of aromatic nitrogens is 3. The van der Waals surface area contributed by atoms with E-state index in [-0.39, 0.29) is 5.56 Å². The number of rotatable bonds is 3. The average Bonchev–Trinajstić information content (AvgIpc) is 2.71. The molecule has 5 heteroatoms. The van der Waals surface area contributed by atoms with Gasteiger partial charge in [-0.05, 0) is 17.7 Å². The van der Waals surface area contributed by atoms with E-state index in [9.17, 15) is 4.79 Å². The van der Waals surface area contributed by atoms with Gasteiger partial charge in [0, 0.05) is 0 Å². The van der Waals surface area contributed by atoms with Crippen LogP contribution in [0, 0.1) is 0 Å². The lowest BCUT2D eigenvalue weighted by molar-refractivity contribution is 0.0697. The summed E-state index contributed by atoms with van der Waals surface area (Å²) in [5.41, 5.74) is 1.25. The fourth-order valence-electron chi connectivity index (χ4n) is 1.24. The quantitative estimate of drug-likeness (QED) is 0.808. The van der Waals surface area contributed by atoms with Gasteiger partial charge in [-0.2, -0.15) is 15.0 Å². The highest BCUT2D eigenvalue weighted by molar-refractivity contribution is 5.87. The van der Waals surface area contributed by atoms with E-state index < -0.39 is 5.97 Å². The lowest BCUT2D eigenvalue weighted by Crippen LogP contribution is -2.04. The summed E-state index contributed by atoms with van der Waals surface area (Å²) in [4.78, 5) is 12.1. The first-order chi connectivity index (χ1) is 7.25. The Morgan fingerprint density at radius 3 is 2.33 bits per heavy atom. The number of benzene rings is 1. The summed E-state index contributed by atoms with van der Waals surface area (Å²) < 4.78 is 0. The van der Waals surface area contributed by atoms with Gasteiger partial charge >= 0.3 is 5.97 Å².